The van der Waals surface area contributed by atoms with E-state index in [2.05, 4.69) is 5.16 Å². The van der Waals surface area contributed by atoms with E-state index in [4.69, 9.17) is 4.52 Å². The Kier molecular flexibility index (Phi) is 2.67. The first-order chi connectivity index (χ1) is 7.20. The Morgan fingerprint density at radius 2 is 2.13 bits per heavy atom. The van der Waals surface area contributed by atoms with Crippen molar-refractivity contribution in [2.45, 2.75) is 0 Å². The molecule has 0 radical (unpaired) electrons. The molecule has 0 spiro atoms. The first-order valence-corrected chi connectivity index (χ1v) is 5.11. The SMILES string of the molecule is O=[N+]([O-])c1ccccc1-c1nocc1I. The lowest BCUT2D eigenvalue weighted by Gasteiger charge is -1.98. The molecule has 1 aromatic heterocycles. The van der Waals surface area contributed by atoms with E-state index in [0.29, 0.717) is 11.3 Å². The summed E-state index contributed by atoms with van der Waals surface area (Å²) in [6.07, 6.45) is 1.45. The Labute approximate surface area is 98.4 Å². The molecule has 0 fully saturated rings. The summed E-state index contributed by atoms with van der Waals surface area (Å²) in [6.45, 7) is 0. The van der Waals surface area contributed by atoms with Gasteiger partial charge in [-0.05, 0) is 28.7 Å². The van der Waals surface area contributed by atoms with Crippen molar-refractivity contribution in [1.29, 1.82) is 0 Å². The van der Waals surface area contributed by atoms with Gasteiger partial charge in [0.15, 0.2) is 0 Å². The highest BCUT2D eigenvalue weighted by atomic mass is 127. The van der Waals surface area contributed by atoms with Gasteiger partial charge in [0.05, 0.1) is 14.1 Å². The molecule has 0 atom stereocenters. The summed E-state index contributed by atoms with van der Waals surface area (Å²) in [7, 11) is 0. The number of rotatable bonds is 2. The van der Waals surface area contributed by atoms with Crippen molar-refractivity contribution in [2.75, 3.05) is 0 Å². The molecule has 2 rings (SSSR count). The molecule has 0 aliphatic carbocycles. The molecule has 0 saturated heterocycles. The van der Waals surface area contributed by atoms with Crippen molar-refractivity contribution in [2.24, 2.45) is 0 Å². The zero-order valence-corrected chi connectivity index (χ0v) is 9.54. The zero-order chi connectivity index (χ0) is 10.8. The van der Waals surface area contributed by atoms with Gasteiger partial charge in [-0.3, -0.25) is 10.1 Å². The Morgan fingerprint density at radius 3 is 2.73 bits per heavy atom. The minimum absolute atomic E-state index is 0.0318. The molecule has 76 valence electrons. The Balaban J connectivity index is 2.63. The zero-order valence-electron chi connectivity index (χ0n) is 7.38. The van der Waals surface area contributed by atoms with Crippen molar-refractivity contribution < 1.29 is 9.45 Å². The minimum Gasteiger partial charge on any atom is -0.363 e. The van der Waals surface area contributed by atoms with E-state index in [1.807, 2.05) is 22.6 Å². The summed E-state index contributed by atoms with van der Waals surface area (Å²) in [5.74, 6) is 0. The van der Waals surface area contributed by atoms with Crippen LogP contribution in [-0.2, 0) is 0 Å². The molecule has 0 N–H and O–H groups in total. The lowest BCUT2D eigenvalue weighted by molar-refractivity contribution is -0.384. The van der Waals surface area contributed by atoms with Crippen LogP contribution in [0, 0.1) is 13.7 Å². The molecule has 0 bridgehead atoms. The van der Waals surface area contributed by atoms with Crippen LogP contribution in [0.1, 0.15) is 0 Å². The second kappa shape index (κ2) is 3.97. The van der Waals surface area contributed by atoms with E-state index in [0.717, 1.165) is 3.57 Å². The summed E-state index contributed by atoms with van der Waals surface area (Å²) in [6, 6.07) is 6.44. The van der Waals surface area contributed by atoms with E-state index >= 15 is 0 Å². The van der Waals surface area contributed by atoms with Crippen LogP contribution < -0.4 is 0 Å². The molecule has 0 saturated carbocycles. The van der Waals surface area contributed by atoms with Crippen LogP contribution in [-0.4, -0.2) is 10.1 Å². The van der Waals surface area contributed by atoms with Gasteiger partial charge in [-0.15, -0.1) is 0 Å². The van der Waals surface area contributed by atoms with E-state index in [1.54, 1.807) is 18.2 Å². The van der Waals surface area contributed by atoms with Crippen LogP contribution in [0.15, 0.2) is 35.1 Å². The third kappa shape index (κ3) is 1.84. The van der Waals surface area contributed by atoms with Crippen molar-refractivity contribution in [1.82, 2.24) is 5.16 Å². The summed E-state index contributed by atoms with van der Waals surface area (Å²) >= 11 is 2.02. The first-order valence-electron chi connectivity index (χ1n) is 4.04. The van der Waals surface area contributed by atoms with Crippen LogP contribution in [0.3, 0.4) is 0 Å². The highest BCUT2D eigenvalue weighted by Crippen LogP contribution is 2.31. The standard InChI is InChI=1S/C9H5IN2O3/c10-7-5-15-11-9(7)6-3-1-2-4-8(6)12(13)14/h1-5H. The van der Waals surface area contributed by atoms with Gasteiger partial charge in [0.1, 0.15) is 12.0 Å². The first kappa shape index (κ1) is 10.1. The van der Waals surface area contributed by atoms with Crippen LogP contribution in [0.2, 0.25) is 0 Å². The Morgan fingerprint density at radius 1 is 1.40 bits per heavy atom. The highest BCUT2D eigenvalue weighted by Gasteiger charge is 2.18. The van der Waals surface area contributed by atoms with Gasteiger partial charge in [-0.25, -0.2) is 0 Å². The fourth-order valence-corrected chi connectivity index (χ4v) is 1.74. The predicted molar refractivity (Wildman–Crippen MR) is 61.3 cm³/mol. The van der Waals surface area contributed by atoms with Gasteiger partial charge in [-0.2, -0.15) is 0 Å². The number of hydrogen-bond acceptors (Lipinski definition) is 4. The molecule has 2 aromatic rings. The monoisotopic (exact) mass is 316 g/mol. The van der Waals surface area contributed by atoms with Crippen LogP contribution in [0.4, 0.5) is 5.69 Å². The molecular weight excluding hydrogens is 311 g/mol. The maximum atomic E-state index is 10.8. The number of aromatic nitrogens is 1. The largest absolute Gasteiger partial charge is 0.363 e. The smallest absolute Gasteiger partial charge is 0.278 e. The number of nitrogens with zero attached hydrogens (tertiary/aromatic N) is 2. The predicted octanol–water partition coefficient (Wildman–Crippen LogP) is 2.85. The maximum Gasteiger partial charge on any atom is 0.278 e. The fourth-order valence-electron chi connectivity index (χ4n) is 1.24. The van der Waals surface area contributed by atoms with Crippen molar-refractivity contribution in [3.05, 3.63) is 44.2 Å². The van der Waals surface area contributed by atoms with Crippen LogP contribution in [0.5, 0.6) is 0 Å². The Hall–Kier alpha value is -1.44. The van der Waals surface area contributed by atoms with Gasteiger partial charge < -0.3 is 4.52 Å². The normalized spacial score (nSPS) is 10.2. The molecule has 0 aliphatic heterocycles. The fraction of sp³-hybridized carbons (Fsp3) is 0. The molecule has 0 unspecified atom stereocenters. The third-order valence-corrected chi connectivity index (χ3v) is 2.65. The van der Waals surface area contributed by atoms with E-state index in [-0.39, 0.29) is 5.69 Å². The number of para-hydroxylation sites is 1. The van der Waals surface area contributed by atoms with Crippen molar-refractivity contribution in [3.8, 4) is 11.3 Å². The summed E-state index contributed by atoms with van der Waals surface area (Å²) < 4.78 is 5.51. The third-order valence-electron chi connectivity index (χ3n) is 1.88. The average molecular weight is 316 g/mol. The lowest BCUT2D eigenvalue weighted by atomic mass is 10.1. The van der Waals surface area contributed by atoms with Gasteiger partial charge in [0, 0.05) is 6.07 Å². The quantitative estimate of drug-likeness (QED) is 0.485. The van der Waals surface area contributed by atoms with Gasteiger partial charge in [0.25, 0.3) is 5.69 Å². The van der Waals surface area contributed by atoms with E-state index in [1.165, 1.54) is 12.3 Å². The summed E-state index contributed by atoms with van der Waals surface area (Å²) in [4.78, 5) is 10.3. The number of nitro groups is 1. The van der Waals surface area contributed by atoms with Crippen LogP contribution in [0.25, 0.3) is 11.3 Å². The molecule has 5 nitrogen and oxygen atoms in total. The number of hydrogen-bond donors (Lipinski definition) is 0. The molecule has 6 heteroatoms. The second-order valence-corrected chi connectivity index (χ2v) is 3.95. The van der Waals surface area contributed by atoms with Gasteiger partial charge in [-0.1, -0.05) is 17.3 Å². The van der Waals surface area contributed by atoms with E-state index < -0.39 is 4.92 Å². The average Bonchev–Trinajstić information content (AvgIpc) is 2.64. The van der Waals surface area contributed by atoms with Gasteiger partial charge in [0.2, 0.25) is 0 Å². The van der Waals surface area contributed by atoms with E-state index in [9.17, 15) is 10.1 Å². The second-order valence-electron chi connectivity index (χ2n) is 2.79. The van der Waals surface area contributed by atoms with Gasteiger partial charge >= 0.3 is 0 Å². The molecule has 1 heterocycles. The molecule has 15 heavy (non-hydrogen) atoms. The summed E-state index contributed by atoms with van der Waals surface area (Å²) in [5, 5.41) is 14.5. The maximum absolute atomic E-state index is 10.8. The number of nitro benzene ring substituents is 1. The molecular formula is C9H5IN2O3. The molecule has 0 amide bonds. The molecule has 0 aliphatic rings. The Bertz CT molecular complexity index is 510. The molecule has 1 aromatic carbocycles. The minimum atomic E-state index is -0.430. The van der Waals surface area contributed by atoms with Crippen LogP contribution >= 0.6 is 22.6 Å². The topological polar surface area (TPSA) is 69.2 Å². The van der Waals surface area contributed by atoms with Crippen molar-refractivity contribution in [3.63, 3.8) is 0 Å². The number of halogens is 1. The number of benzene rings is 1. The highest BCUT2D eigenvalue weighted by molar-refractivity contribution is 14.1. The summed E-state index contributed by atoms with van der Waals surface area (Å²) in [5.41, 5.74) is 1.01. The lowest BCUT2D eigenvalue weighted by Crippen LogP contribution is -1.92. The van der Waals surface area contributed by atoms with Crippen molar-refractivity contribution >= 4 is 28.3 Å².